The lowest BCUT2D eigenvalue weighted by Crippen LogP contribution is -2.38. The maximum absolute atomic E-state index is 9.82. The van der Waals surface area contributed by atoms with E-state index in [-0.39, 0.29) is 0 Å². The Morgan fingerprint density at radius 1 is 1.19 bits per heavy atom. The number of benzene rings is 1. The summed E-state index contributed by atoms with van der Waals surface area (Å²) < 4.78 is 0. The summed E-state index contributed by atoms with van der Waals surface area (Å²) in [5, 5.41) is 12.9. The quantitative estimate of drug-likeness (QED) is 0.827. The highest BCUT2D eigenvalue weighted by molar-refractivity contribution is 9.09. The molecule has 1 aliphatic rings. The summed E-state index contributed by atoms with van der Waals surface area (Å²) >= 11 is 3.57. The molecule has 3 nitrogen and oxygen atoms in total. The van der Waals surface area contributed by atoms with Crippen LogP contribution in [0, 0.1) is 0 Å². The highest BCUT2D eigenvalue weighted by Gasteiger charge is 2.23. The Balaban J connectivity index is 2.03. The second-order valence-corrected chi connectivity index (χ2v) is 6.51. The van der Waals surface area contributed by atoms with E-state index in [1.807, 2.05) is 24.4 Å². The predicted octanol–water partition coefficient (Wildman–Crippen LogP) is 4.47. The largest absolute Gasteiger partial charge is 0.508 e. The van der Waals surface area contributed by atoms with E-state index in [0.717, 1.165) is 28.5 Å². The highest BCUT2D eigenvalue weighted by atomic mass is 79.9. The van der Waals surface area contributed by atoms with Gasteiger partial charge >= 0.3 is 0 Å². The molecule has 1 aliphatic carbocycles. The van der Waals surface area contributed by atoms with E-state index in [1.165, 1.54) is 32.1 Å². The van der Waals surface area contributed by atoms with Crippen LogP contribution in [0.4, 0.5) is 5.82 Å². The fraction of sp³-hybridized carbons (Fsp3) is 0.471. The maximum Gasteiger partial charge on any atom is 0.136 e. The fourth-order valence-corrected chi connectivity index (χ4v) is 3.70. The Kier molecular flexibility index (Phi) is 4.63. The lowest BCUT2D eigenvalue weighted by Gasteiger charge is -2.35. The Bertz CT molecular complexity index is 611. The number of phenols is 1. The molecule has 0 unspecified atom stereocenters. The molecule has 1 aromatic heterocycles. The molecule has 0 atom stereocenters. The molecule has 112 valence electrons. The average molecular weight is 349 g/mol. The van der Waals surface area contributed by atoms with Gasteiger partial charge in [0.25, 0.3) is 0 Å². The molecular formula is C17H21BrN2O. The third-order valence-electron chi connectivity index (χ3n) is 4.34. The number of hydrogen-bond acceptors (Lipinski definition) is 3. The fourth-order valence-electron chi connectivity index (χ4n) is 3.32. The van der Waals surface area contributed by atoms with E-state index < -0.39 is 0 Å². The molecule has 1 heterocycles. The van der Waals surface area contributed by atoms with Crippen molar-refractivity contribution in [1.29, 1.82) is 0 Å². The first-order chi connectivity index (χ1) is 10.3. The molecule has 0 amide bonds. The summed E-state index contributed by atoms with van der Waals surface area (Å²) in [5.41, 5.74) is 0. The number of pyridine rings is 1. The molecule has 21 heavy (non-hydrogen) atoms. The molecule has 0 spiro atoms. The van der Waals surface area contributed by atoms with Gasteiger partial charge in [-0.2, -0.15) is 0 Å². The van der Waals surface area contributed by atoms with Gasteiger partial charge in [0.2, 0.25) is 0 Å². The van der Waals surface area contributed by atoms with Crippen LogP contribution in [-0.4, -0.2) is 28.0 Å². The summed E-state index contributed by atoms with van der Waals surface area (Å²) in [6, 6.07) is 8.11. The Hall–Kier alpha value is -1.29. The van der Waals surface area contributed by atoms with Crippen LogP contribution in [0.2, 0.25) is 0 Å². The van der Waals surface area contributed by atoms with Crippen LogP contribution in [-0.2, 0) is 0 Å². The second-order valence-electron chi connectivity index (χ2n) is 5.71. The van der Waals surface area contributed by atoms with Gasteiger partial charge in [0.15, 0.2) is 0 Å². The minimum atomic E-state index is 0.305. The molecule has 0 saturated heterocycles. The van der Waals surface area contributed by atoms with Gasteiger partial charge in [-0.15, -0.1) is 0 Å². The van der Waals surface area contributed by atoms with Crippen LogP contribution in [0.25, 0.3) is 10.8 Å². The number of phenolic OH excluding ortho intramolecular Hbond substituents is 1. The topological polar surface area (TPSA) is 36.4 Å². The van der Waals surface area contributed by atoms with Crippen molar-refractivity contribution >= 4 is 32.5 Å². The van der Waals surface area contributed by atoms with Crippen molar-refractivity contribution in [2.75, 3.05) is 16.8 Å². The summed E-state index contributed by atoms with van der Waals surface area (Å²) in [6.45, 7) is 0.951. The summed E-state index contributed by atoms with van der Waals surface area (Å²) in [5.74, 6) is 1.31. The molecule has 1 fully saturated rings. The molecular weight excluding hydrogens is 328 g/mol. The molecule has 3 rings (SSSR count). The third kappa shape index (κ3) is 3.15. The monoisotopic (exact) mass is 348 g/mol. The van der Waals surface area contributed by atoms with E-state index >= 15 is 0 Å². The van der Waals surface area contributed by atoms with Gasteiger partial charge in [-0.1, -0.05) is 41.3 Å². The van der Waals surface area contributed by atoms with E-state index in [0.29, 0.717) is 11.8 Å². The molecule has 1 saturated carbocycles. The van der Waals surface area contributed by atoms with Crippen molar-refractivity contribution in [1.82, 2.24) is 4.98 Å². The maximum atomic E-state index is 9.82. The van der Waals surface area contributed by atoms with Crippen molar-refractivity contribution < 1.29 is 5.11 Å². The SMILES string of the molecule is Oc1ccc2ccnc(N(CCBr)C3CCCCC3)c2c1. The van der Waals surface area contributed by atoms with Crippen LogP contribution < -0.4 is 4.90 Å². The summed E-state index contributed by atoms with van der Waals surface area (Å²) in [4.78, 5) is 7.06. The van der Waals surface area contributed by atoms with Crippen molar-refractivity contribution in [2.45, 2.75) is 38.1 Å². The zero-order chi connectivity index (χ0) is 14.7. The first kappa shape index (κ1) is 14.6. The van der Waals surface area contributed by atoms with Crippen LogP contribution in [0.1, 0.15) is 32.1 Å². The predicted molar refractivity (Wildman–Crippen MR) is 91.4 cm³/mol. The Morgan fingerprint density at radius 2 is 2.00 bits per heavy atom. The van der Waals surface area contributed by atoms with Gasteiger partial charge in [0, 0.05) is 29.5 Å². The van der Waals surface area contributed by atoms with E-state index in [1.54, 1.807) is 6.07 Å². The number of fused-ring (bicyclic) bond motifs is 1. The number of alkyl halides is 1. The molecule has 1 N–H and O–H groups in total. The normalized spacial score (nSPS) is 16.2. The van der Waals surface area contributed by atoms with Crippen LogP contribution in [0.15, 0.2) is 30.5 Å². The molecule has 0 bridgehead atoms. The highest BCUT2D eigenvalue weighted by Crippen LogP contribution is 2.32. The van der Waals surface area contributed by atoms with Gasteiger partial charge < -0.3 is 10.0 Å². The number of halogens is 1. The van der Waals surface area contributed by atoms with Gasteiger partial charge in [0.1, 0.15) is 11.6 Å². The minimum absolute atomic E-state index is 0.305. The first-order valence-corrected chi connectivity index (χ1v) is 8.82. The summed E-state index contributed by atoms with van der Waals surface area (Å²) in [7, 11) is 0. The molecule has 1 aromatic carbocycles. The number of hydrogen-bond donors (Lipinski definition) is 1. The van der Waals surface area contributed by atoms with Gasteiger partial charge in [-0.25, -0.2) is 4.98 Å². The van der Waals surface area contributed by atoms with Crippen molar-refractivity contribution in [3.63, 3.8) is 0 Å². The zero-order valence-electron chi connectivity index (χ0n) is 12.1. The van der Waals surface area contributed by atoms with Crippen LogP contribution >= 0.6 is 15.9 Å². The van der Waals surface area contributed by atoms with E-state index in [9.17, 15) is 5.11 Å². The van der Waals surface area contributed by atoms with Crippen LogP contribution in [0.3, 0.4) is 0 Å². The number of nitrogens with zero attached hydrogens (tertiary/aromatic N) is 2. The van der Waals surface area contributed by atoms with Gasteiger partial charge in [0.05, 0.1) is 0 Å². The van der Waals surface area contributed by atoms with Crippen molar-refractivity contribution in [3.05, 3.63) is 30.5 Å². The standard InChI is InChI=1S/C17H21BrN2O/c18-9-11-20(14-4-2-1-3-5-14)17-16-12-15(21)7-6-13(16)8-10-19-17/h6-8,10,12,14,21H,1-5,9,11H2. The zero-order valence-corrected chi connectivity index (χ0v) is 13.7. The van der Waals surface area contributed by atoms with Crippen molar-refractivity contribution in [2.24, 2.45) is 0 Å². The third-order valence-corrected chi connectivity index (χ3v) is 4.70. The Labute approximate surface area is 134 Å². The second kappa shape index (κ2) is 6.65. The average Bonchev–Trinajstić information content (AvgIpc) is 2.53. The first-order valence-electron chi connectivity index (χ1n) is 7.70. The van der Waals surface area contributed by atoms with E-state index in [2.05, 4.69) is 25.8 Å². The lowest BCUT2D eigenvalue weighted by molar-refractivity contribution is 0.417. The number of aromatic hydroxyl groups is 1. The summed E-state index contributed by atoms with van der Waals surface area (Å²) in [6.07, 6.45) is 8.31. The number of aromatic nitrogens is 1. The van der Waals surface area contributed by atoms with Gasteiger partial charge in [-0.3, -0.25) is 0 Å². The Morgan fingerprint density at radius 3 is 2.76 bits per heavy atom. The lowest BCUT2D eigenvalue weighted by atomic mass is 9.94. The molecule has 0 radical (unpaired) electrons. The molecule has 4 heteroatoms. The molecule has 0 aliphatic heterocycles. The minimum Gasteiger partial charge on any atom is -0.508 e. The number of rotatable bonds is 4. The van der Waals surface area contributed by atoms with E-state index in [4.69, 9.17) is 0 Å². The van der Waals surface area contributed by atoms with Gasteiger partial charge in [-0.05, 0) is 36.4 Å². The molecule has 2 aromatic rings. The van der Waals surface area contributed by atoms with Crippen molar-refractivity contribution in [3.8, 4) is 5.75 Å². The number of anilines is 1. The van der Waals surface area contributed by atoms with Crippen LogP contribution in [0.5, 0.6) is 5.75 Å². The smallest absolute Gasteiger partial charge is 0.136 e.